The van der Waals surface area contributed by atoms with Crippen molar-refractivity contribution in [3.05, 3.63) is 120 Å². The number of aliphatic imine (C=N–C) groups is 1. The first kappa shape index (κ1) is 25.0. The van der Waals surface area contributed by atoms with Crippen molar-refractivity contribution >= 4 is 17.9 Å². The molecule has 0 amide bonds. The fourth-order valence-corrected chi connectivity index (χ4v) is 8.42. The lowest BCUT2D eigenvalue weighted by Crippen LogP contribution is -2.55. The maximum Gasteiger partial charge on any atom is 0.308 e. The predicted molar refractivity (Wildman–Crippen MR) is 161 cm³/mol. The Balaban J connectivity index is 1.06. The fourth-order valence-electron chi connectivity index (χ4n) is 8.42. The summed E-state index contributed by atoms with van der Waals surface area (Å²) in [6.45, 7) is 1.41. The van der Waals surface area contributed by atoms with Crippen LogP contribution >= 0.6 is 0 Å². The molecule has 4 aliphatic rings. The second-order valence-corrected chi connectivity index (χ2v) is 12.4. The molecule has 40 heavy (non-hydrogen) atoms. The molecule has 3 nitrogen and oxygen atoms in total. The number of benzene rings is 4. The lowest BCUT2D eigenvalue weighted by atomic mass is 9.42. The summed E-state index contributed by atoms with van der Waals surface area (Å²) < 4.78 is 5.13. The summed E-state index contributed by atoms with van der Waals surface area (Å²) in [6.07, 6.45) is 10.1. The van der Waals surface area contributed by atoms with Crippen molar-refractivity contribution in [1.29, 1.82) is 0 Å². The Morgan fingerprint density at radius 3 is 1.85 bits per heavy atom. The van der Waals surface area contributed by atoms with Crippen LogP contribution in [0, 0.1) is 11.8 Å². The molecule has 4 aromatic carbocycles. The summed E-state index contributed by atoms with van der Waals surface area (Å²) in [6, 6.07) is 36.5. The molecule has 8 rings (SSSR count). The van der Waals surface area contributed by atoms with E-state index in [1.54, 1.807) is 5.56 Å². The van der Waals surface area contributed by atoms with Crippen LogP contribution in [0.25, 0.3) is 11.1 Å². The van der Waals surface area contributed by atoms with Crippen LogP contribution in [0.1, 0.15) is 62.1 Å². The van der Waals surface area contributed by atoms with Gasteiger partial charge in [-0.1, -0.05) is 78.9 Å². The zero-order valence-corrected chi connectivity index (χ0v) is 23.1. The number of hydrogen-bond donors (Lipinski definition) is 0. The Kier molecular flexibility index (Phi) is 6.19. The van der Waals surface area contributed by atoms with Gasteiger partial charge in [-0.15, -0.1) is 0 Å². The molecule has 4 bridgehead atoms. The van der Waals surface area contributed by atoms with Crippen LogP contribution in [0.15, 0.2) is 108 Å². The van der Waals surface area contributed by atoms with E-state index in [-0.39, 0.29) is 5.97 Å². The molecule has 200 valence electrons. The first-order valence-corrected chi connectivity index (χ1v) is 14.6. The second-order valence-electron chi connectivity index (χ2n) is 12.4. The van der Waals surface area contributed by atoms with Gasteiger partial charge in [-0.25, -0.2) is 0 Å². The van der Waals surface area contributed by atoms with Crippen molar-refractivity contribution in [3.63, 3.8) is 0 Å². The highest BCUT2D eigenvalue weighted by atomic mass is 16.5. The highest BCUT2D eigenvalue weighted by Crippen LogP contribution is 2.66. The van der Waals surface area contributed by atoms with Crippen LogP contribution in [0.5, 0.6) is 5.75 Å². The molecule has 4 saturated carbocycles. The Bertz CT molecular complexity index is 1520. The van der Waals surface area contributed by atoms with Crippen molar-refractivity contribution in [2.45, 2.75) is 56.3 Å². The van der Waals surface area contributed by atoms with E-state index < -0.39 is 0 Å². The van der Waals surface area contributed by atoms with Gasteiger partial charge in [0.05, 0.1) is 5.69 Å². The predicted octanol–water partition coefficient (Wildman–Crippen LogP) is 8.82. The van der Waals surface area contributed by atoms with Crippen molar-refractivity contribution in [2.75, 3.05) is 0 Å². The van der Waals surface area contributed by atoms with Crippen LogP contribution < -0.4 is 4.74 Å². The summed E-state index contributed by atoms with van der Waals surface area (Å²) in [5.41, 5.74) is 8.01. The summed E-state index contributed by atoms with van der Waals surface area (Å²) in [4.78, 5) is 15.9. The van der Waals surface area contributed by atoms with E-state index in [9.17, 15) is 4.79 Å². The van der Waals surface area contributed by atoms with E-state index in [0.717, 1.165) is 34.2 Å². The number of carbonyl (C=O) groups is 1. The van der Waals surface area contributed by atoms with E-state index in [0.29, 0.717) is 16.6 Å². The Labute approximate surface area is 236 Å². The van der Waals surface area contributed by atoms with Gasteiger partial charge < -0.3 is 4.74 Å². The van der Waals surface area contributed by atoms with E-state index in [2.05, 4.69) is 78.9 Å². The fraction of sp³-hybridized carbons (Fsp3) is 0.297. The van der Waals surface area contributed by atoms with Crippen molar-refractivity contribution in [1.82, 2.24) is 0 Å². The van der Waals surface area contributed by atoms with Crippen LogP contribution in [-0.4, -0.2) is 12.2 Å². The third-order valence-corrected chi connectivity index (χ3v) is 9.65. The number of ether oxygens (including phenoxy) is 1. The zero-order valence-electron chi connectivity index (χ0n) is 23.1. The summed E-state index contributed by atoms with van der Waals surface area (Å²) in [7, 11) is 0. The molecule has 2 unspecified atom stereocenters. The van der Waals surface area contributed by atoms with Crippen LogP contribution in [0.4, 0.5) is 5.69 Å². The van der Waals surface area contributed by atoms with E-state index in [1.165, 1.54) is 51.0 Å². The summed E-state index contributed by atoms with van der Waals surface area (Å²) in [5, 5.41) is 0. The van der Waals surface area contributed by atoms with E-state index in [1.807, 2.05) is 30.5 Å². The molecular formula is C37H35NO2. The molecular weight excluding hydrogens is 490 g/mol. The quantitative estimate of drug-likeness (QED) is 0.143. The summed E-state index contributed by atoms with van der Waals surface area (Å²) in [5.74, 6) is 1.96. The Morgan fingerprint density at radius 1 is 0.725 bits per heavy atom. The zero-order chi connectivity index (χ0) is 27.2. The van der Waals surface area contributed by atoms with Crippen LogP contribution in [0.3, 0.4) is 0 Å². The monoisotopic (exact) mass is 525 g/mol. The molecule has 0 saturated heterocycles. The molecule has 0 spiro atoms. The average Bonchev–Trinajstić information content (AvgIpc) is 2.97. The van der Waals surface area contributed by atoms with Crippen LogP contribution in [-0.2, 0) is 15.6 Å². The summed E-state index contributed by atoms with van der Waals surface area (Å²) >= 11 is 0. The normalized spacial score (nSPS) is 26.7. The second kappa shape index (κ2) is 9.89. The van der Waals surface area contributed by atoms with Gasteiger partial charge in [0.2, 0.25) is 0 Å². The maximum atomic E-state index is 11.1. The van der Waals surface area contributed by atoms with Gasteiger partial charge in [0.15, 0.2) is 0 Å². The number of carbonyl (C=O) groups excluding carboxylic acids is 1. The average molecular weight is 526 g/mol. The third kappa shape index (κ3) is 4.68. The number of rotatable bonds is 6. The van der Waals surface area contributed by atoms with Gasteiger partial charge in [-0.2, -0.15) is 0 Å². The maximum absolute atomic E-state index is 11.1. The van der Waals surface area contributed by atoms with Crippen molar-refractivity contribution < 1.29 is 9.53 Å². The van der Waals surface area contributed by atoms with Gasteiger partial charge in [-0.05, 0) is 113 Å². The molecule has 0 aliphatic heterocycles. The molecule has 0 N–H and O–H groups in total. The van der Waals surface area contributed by atoms with E-state index >= 15 is 0 Å². The first-order valence-electron chi connectivity index (χ1n) is 14.6. The van der Waals surface area contributed by atoms with Gasteiger partial charge in [0.1, 0.15) is 5.75 Å². The molecule has 0 radical (unpaired) electrons. The minimum Gasteiger partial charge on any atom is -0.427 e. The smallest absolute Gasteiger partial charge is 0.308 e. The van der Waals surface area contributed by atoms with Gasteiger partial charge >= 0.3 is 5.97 Å². The van der Waals surface area contributed by atoms with Crippen molar-refractivity contribution in [2.24, 2.45) is 16.8 Å². The molecule has 3 heteroatoms. The Hall–Kier alpha value is -3.98. The third-order valence-electron chi connectivity index (χ3n) is 9.65. The van der Waals surface area contributed by atoms with E-state index in [4.69, 9.17) is 9.73 Å². The van der Waals surface area contributed by atoms with Gasteiger partial charge in [-0.3, -0.25) is 9.79 Å². The van der Waals surface area contributed by atoms with Crippen molar-refractivity contribution in [3.8, 4) is 16.9 Å². The number of nitrogens with zero attached hydrogens (tertiary/aromatic N) is 1. The first-order chi connectivity index (χ1) is 19.5. The van der Waals surface area contributed by atoms with Crippen LogP contribution in [0.2, 0.25) is 0 Å². The number of esters is 1. The Morgan fingerprint density at radius 2 is 1.27 bits per heavy atom. The number of hydrogen-bond acceptors (Lipinski definition) is 3. The topological polar surface area (TPSA) is 38.7 Å². The lowest BCUT2D eigenvalue weighted by molar-refractivity contribution is -0.131. The minimum absolute atomic E-state index is 0.310. The molecule has 4 aromatic rings. The highest BCUT2D eigenvalue weighted by Gasteiger charge is 2.58. The molecule has 2 atom stereocenters. The SMILES string of the molecule is CC(=O)Oc1ccc(-c2ccc(C=Nc3ccc(C45CC6CC(CC(c7ccccc7)(C6)C4)C5)cc3)cc2)cc1. The highest BCUT2D eigenvalue weighted by molar-refractivity contribution is 5.83. The molecule has 0 heterocycles. The standard InChI is InChI=1S/C37H35NO2/c1-26(39)40-35-17-11-31(12-18-35)30-9-7-27(8-10-30)24-38-34-15-13-33(14-16-34)37-22-28-19-29(23-37)21-36(20-28,25-37)32-5-3-2-4-6-32/h2-18,24,28-29H,19-23,25H2,1H3. The minimum atomic E-state index is -0.310. The van der Waals surface area contributed by atoms with Gasteiger partial charge in [0, 0.05) is 13.1 Å². The molecule has 0 aromatic heterocycles. The molecule has 4 fully saturated rings. The lowest BCUT2D eigenvalue weighted by Gasteiger charge is -2.62. The van der Waals surface area contributed by atoms with Gasteiger partial charge in [0.25, 0.3) is 0 Å². The largest absolute Gasteiger partial charge is 0.427 e. The molecule has 4 aliphatic carbocycles.